The first-order valence-corrected chi connectivity index (χ1v) is 6.15. The lowest BCUT2D eigenvalue weighted by molar-refractivity contribution is -0.140. The Labute approximate surface area is 103 Å². The van der Waals surface area contributed by atoms with Gasteiger partial charge in [0.25, 0.3) is 0 Å². The molecule has 3 N–H and O–H groups in total. The molecule has 0 aliphatic heterocycles. The fraction of sp³-hybridized carbons (Fsp3) is 0.833. The summed E-state index contributed by atoms with van der Waals surface area (Å²) in [5, 5.41) is 14.2. The van der Waals surface area contributed by atoms with Crippen LogP contribution >= 0.6 is 0 Å². The van der Waals surface area contributed by atoms with E-state index in [9.17, 15) is 9.59 Å². The summed E-state index contributed by atoms with van der Waals surface area (Å²) in [5.74, 6) is -0.554. The second-order valence-electron chi connectivity index (χ2n) is 4.78. The van der Waals surface area contributed by atoms with Gasteiger partial charge in [-0.25, -0.2) is 9.59 Å². The van der Waals surface area contributed by atoms with Crippen molar-refractivity contribution >= 4 is 12.0 Å². The fourth-order valence-electron chi connectivity index (χ4n) is 1.35. The van der Waals surface area contributed by atoms with Gasteiger partial charge in [0.05, 0.1) is 0 Å². The fourth-order valence-corrected chi connectivity index (χ4v) is 1.35. The van der Waals surface area contributed by atoms with Gasteiger partial charge in [0.15, 0.2) is 0 Å². The highest BCUT2D eigenvalue weighted by molar-refractivity contribution is 5.82. The summed E-state index contributed by atoms with van der Waals surface area (Å²) in [5.41, 5.74) is 0. The molecule has 0 spiro atoms. The van der Waals surface area contributed by atoms with Gasteiger partial charge in [0.2, 0.25) is 0 Å². The molecule has 2 amide bonds. The molecular formula is C12H24N2O3. The Kier molecular flexibility index (Phi) is 7.34. The number of carbonyl (C=O) groups excluding carboxylic acids is 1. The van der Waals surface area contributed by atoms with Crippen LogP contribution in [-0.4, -0.2) is 29.7 Å². The van der Waals surface area contributed by atoms with Gasteiger partial charge in [0.1, 0.15) is 6.04 Å². The first-order chi connectivity index (χ1) is 7.88. The Bertz CT molecular complexity index is 254. The van der Waals surface area contributed by atoms with Crippen LogP contribution in [0.3, 0.4) is 0 Å². The Morgan fingerprint density at radius 1 is 1.24 bits per heavy atom. The molecule has 100 valence electrons. The summed E-state index contributed by atoms with van der Waals surface area (Å²) < 4.78 is 0. The largest absolute Gasteiger partial charge is 0.480 e. The zero-order valence-electron chi connectivity index (χ0n) is 11.1. The minimum Gasteiger partial charge on any atom is -0.480 e. The van der Waals surface area contributed by atoms with E-state index in [-0.39, 0.29) is 5.92 Å². The molecule has 0 aromatic carbocycles. The summed E-state index contributed by atoms with van der Waals surface area (Å²) in [7, 11) is 0. The normalized spacial score (nSPS) is 14.2. The summed E-state index contributed by atoms with van der Waals surface area (Å²) >= 11 is 0. The molecule has 0 radical (unpaired) electrons. The number of rotatable bonds is 7. The van der Waals surface area contributed by atoms with Crippen molar-refractivity contribution in [2.75, 3.05) is 6.54 Å². The van der Waals surface area contributed by atoms with Crippen molar-refractivity contribution < 1.29 is 14.7 Å². The standard InChI is InChI=1S/C12H24N2O3/c1-5-9(4)10(11(15)16)14-12(17)13-7-6-8(2)3/h8-10H,5-7H2,1-4H3,(H,15,16)(H2,13,14,17)/t9-,10-/m0/s1. The van der Waals surface area contributed by atoms with Crippen LogP contribution in [0.4, 0.5) is 4.79 Å². The molecule has 0 heterocycles. The van der Waals surface area contributed by atoms with E-state index in [1.54, 1.807) is 0 Å². The monoisotopic (exact) mass is 244 g/mol. The average Bonchev–Trinajstić information content (AvgIpc) is 2.24. The van der Waals surface area contributed by atoms with Crippen molar-refractivity contribution in [1.82, 2.24) is 10.6 Å². The lowest BCUT2D eigenvalue weighted by Gasteiger charge is -2.20. The van der Waals surface area contributed by atoms with E-state index >= 15 is 0 Å². The molecule has 0 saturated carbocycles. The lowest BCUT2D eigenvalue weighted by atomic mass is 9.99. The van der Waals surface area contributed by atoms with Crippen LogP contribution in [-0.2, 0) is 4.79 Å². The Hall–Kier alpha value is -1.26. The van der Waals surface area contributed by atoms with E-state index in [1.807, 2.05) is 13.8 Å². The molecule has 0 fully saturated rings. The molecule has 5 nitrogen and oxygen atoms in total. The molecule has 2 atom stereocenters. The molecule has 0 aliphatic rings. The van der Waals surface area contributed by atoms with Gasteiger partial charge in [-0.1, -0.05) is 34.1 Å². The first-order valence-electron chi connectivity index (χ1n) is 6.15. The van der Waals surface area contributed by atoms with Crippen LogP contribution in [0.2, 0.25) is 0 Å². The third-order valence-corrected chi connectivity index (χ3v) is 2.77. The van der Waals surface area contributed by atoms with Crippen molar-refractivity contribution in [2.45, 2.75) is 46.6 Å². The molecule has 17 heavy (non-hydrogen) atoms. The number of aliphatic carboxylic acids is 1. The molecule has 0 bridgehead atoms. The predicted octanol–water partition coefficient (Wildman–Crippen LogP) is 1.83. The molecule has 0 aliphatic carbocycles. The Balaban J connectivity index is 4.09. The zero-order valence-corrected chi connectivity index (χ0v) is 11.1. The number of nitrogens with one attached hydrogen (secondary N) is 2. The highest BCUT2D eigenvalue weighted by atomic mass is 16.4. The maximum Gasteiger partial charge on any atom is 0.326 e. The van der Waals surface area contributed by atoms with E-state index in [0.717, 1.165) is 6.42 Å². The van der Waals surface area contributed by atoms with E-state index in [4.69, 9.17) is 5.11 Å². The molecule has 0 rings (SSSR count). The van der Waals surface area contributed by atoms with Gasteiger partial charge >= 0.3 is 12.0 Å². The summed E-state index contributed by atoms with van der Waals surface area (Å²) in [6.45, 7) is 8.42. The number of urea groups is 1. The molecule has 0 aromatic rings. The minimum atomic E-state index is -0.988. The van der Waals surface area contributed by atoms with Crippen LogP contribution < -0.4 is 10.6 Å². The van der Waals surface area contributed by atoms with Gasteiger partial charge in [0, 0.05) is 6.54 Å². The van der Waals surface area contributed by atoms with E-state index in [2.05, 4.69) is 24.5 Å². The third-order valence-electron chi connectivity index (χ3n) is 2.77. The number of hydrogen-bond donors (Lipinski definition) is 3. The molecule has 0 aromatic heterocycles. The minimum absolute atomic E-state index is 0.0802. The quantitative estimate of drug-likeness (QED) is 0.639. The van der Waals surface area contributed by atoms with Crippen molar-refractivity contribution in [1.29, 1.82) is 0 Å². The molecular weight excluding hydrogens is 220 g/mol. The number of amides is 2. The van der Waals surface area contributed by atoms with Crippen LogP contribution in [0.25, 0.3) is 0 Å². The molecule has 0 saturated heterocycles. The summed E-state index contributed by atoms with van der Waals surface area (Å²) in [4.78, 5) is 22.4. The van der Waals surface area contributed by atoms with Crippen molar-refractivity contribution in [3.8, 4) is 0 Å². The summed E-state index contributed by atoms with van der Waals surface area (Å²) in [6, 6.07) is -1.22. The summed E-state index contributed by atoms with van der Waals surface area (Å²) in [6.07, 6.45) is 1.59. The highest BCUT2D eigenvalue weighted by Gasteiger charge is 2.24. The van der Waals surface area contributed by atoms with Gasteiger partial charge in [-0.3, -0.25) is 0 Å². The van der Waals surface area contributed by atoms with Crippen molar-refractivity contribution in [3.63, 3.8) is 0 Å². The maximum absolute atomic E-state index is 11.5. The SMILES string of the molecule is CC[C@H](C)[C@H](NC(=O)NCCC(C)C)C(=O)O. The maximum atomic E-state index is 11.5. The number of carboxylic acid groups (broad SMARTS) is 1. The van der Waals surface area contributed by atoms with E-state index < -0.39 is 18.0 Å². The van der Waals surface area contributed by atoms with Crippen LogP contribution in [0, 0.1) is 11.8 Å². The Morgan fingerprint density at radius 2 is 1.82 bits per heavy atom. The van der Waals surface area contributed by atoms with Crippen LogP contribution in [0.15, 0.2) is 0 Å². The second kappa shape index (κ2) is 7.92. The van der Waals surface area contributed by atoms with E-state index in [1.165, 1.54) is 0 Å². The molecule has 0 unspecified atom stereocenters. The second-order valence-corrected chi connectivity index (χ2v) is 4.78. The van der Waals surface area contributed by atoms with Gasteiger partial charge in [-0.05, 0) is 18.3 Å². The molecule has 5 heteroatoms. The highest BCUT2D eigenvalue weighted by Crippen LogP contribution is 2.07. The van der Waals surface area contributed by atoms with Crippen LogP contribution in [0.5, 0.6) is 0 Å². The van der Waals surface area contributed by atoms with Gasteiger partial charge in [-0.15, -0.1) is 0 Å². The Morgan fingerprint density at radius 3 is 2.24 bits per heavy atom. The van der Waals surface area contributed by atoms with E-state index in [0.29, 0.717) is 18.9 Å². The topological polar surface area (TPSA) is 78.4 Å². The van der Waals surface area contributed by atoms with Crippen LogP contribution in [0.1, 0.15) is 40.5 Å². The number of carboxylic acids is 1. The number of hydrogen-bond acceptors (Lipinski definition) is 2. The predicted molar refractivity (Wildman–Crippen MR) is 66.9 cm³/mol. The lowest BCUT2D eigenvalue weighted by Crippen LogP contribution is -2.49. The zero-order chi connectivity index (χ0) is 13.4. The van der Waals surface area contributed by atoms with Crippen molar-refractivity contribution in [2.24, 2.45) is 11.8 Å². The first kappa shape index (κ1) is 15.7. The smallest absolute Gasteiger partial charge is 0.326 e. The van der Waals surface area contributed by atoms with Gasteiger partial charge < -0.3 is 15.7 Å². The van der Waals surface area contributed by atoms with Crippen molar-refractivity contribution in [3.05, 3.63) is 0 Å². The third kappa shape index (κ3) is 6.81. The average molecular weight is 244 g/mol. The van der Waals surface area contributed by atoms with Gasteiger partial charge in [-0.2, -0.15) is 0 Å². The number of carbonyl (C=O) groups is 2.